The second-order valence-electron chi connectivity index (χ2n) is 3.64. The highest BCUT2D eigenvalue weighted by atomic mass is 16.1. The van der Waals surface area contributed by atoms with Crippen molar-refractivity contribution in [1.82, 2.24) is 9.78 Å². The first-order chi connectivity index (χ1) is 8.24. The molecule has 0 saturated carbocycles. The van der Waals surface area contributed by atoms with Gasteiger partial charge >= 0.3 is 0 Å². The normalized spacial score (nSPS) is 9.94. The van der Waals surface area contributed by atoms with E-state index in [4.69, 9.17) is 0 Å². The molecular weight excluding hydrogens is 216 g/mol. The molecule has 0 fully saturated rings. The smallest absolute Gasteiger partial charge is 0.243 e. The molecule has 0 aliphatic rings. The predicted octanol–water partition coefficient (Wildman–Crippen LogP) is 1.47. The fourth-order valence-corrected chi connectivity index (χ4v) is 1.41. The zero-order valence-electron chi connectivity index (χ0n) is 9.55. The molecule has 5 nitrogen and oxygen atoms in total. The summed E-state index contributed by atoms with van der Waals surface area (Å²) in [5.41, 5.74) is 0.792. The number of aryl methyl sites for hydroxylation is 1. The van der Waals surface area contributed by atoms with Crippen molar-refractivity contribution >= 4 is 17.4 Å². The van der Waals surface area contributed by atoms with Crippen molar-refractivity contribution in [3.05, 3.63) is 42.6 Å². The molecule has 1 aromatic carbocycles. The summed E-state index contributed by atoms with van der Waals surface area (Å²) in [5, 5.41) is 9.84. The van der Waals surface area contributed by atoms with Crippen LogP contribution in [0.3, 0.4) is 0 Å². The largest absolute Gasteiger partial charge is 0.360 e. The van der Waals surface area contributed by atoms with Gasteiger partial charge in [0.2, 0.25) is 5.91 Å². The van der Waals surface area contributed by atoms with Gasteiger partial charge in [-0.2, -0.15) is 5.10 Å². The molecule has 0 unspecified atom stereocenters. The van der Waals surface area contributed by atoms with E-state index in [1.54, 1.807) is 4.68 Å². The van der Waals surface area contributed by atoms with Gasteiger partial charge in [0, 0.05) is 25.0 Å². The number of nitrogens with zero attached hydrogens (tertiary/aromatic N) is 2. The van der Waals surface area contributed by atoms with E-state index in [2.05, 4.69) is 15.7 Å². The first-order valence-corrected chi connectivity index (χ1v) is 5.32. The summed E-state index contributed by atoms with van der Waals surface area (Å²) in [4.78, 5) is 11.6. The highest BCUT2D eigenvalue weighted by Gasteiger charge is 2.02. The van der Waals surface area contributed by atoms with Crippen LogP contribution in [-0.4, -0.2) is 22.2 Å². The number of carbonyl (C=O) groups is 1. The molecule has 0 spiro atoms. The van der Waals surface area contributed by atoms with Crippen LogP contribution in [0.1, 0.15) is 0 Å². The van der Waals surface area contributed by atoms with Crippen LogP contribution in [0.15, 0.2) is 42.6 Å². The Bertz CT molecular complexity index is 492. The first kappa shape index (κ1) is 11.2. The average molecular weight is 230 g/mol. The van der Waals surface area contributed by atoms with E-state index in [0.717, 1.165) is 5.69 Å². The highest BCUT2D eigenvalue weighted by molar-refractivity contribution is 5.93. The third kappa shape index (κ3) is 3.34. The minimum Gasteiger partial charge on any atom is -0.360 e. The van der Waals surface area contributed by atoms with Crippen LogP contribution in [0.4, 0.5) is 11.5 Å². The van der Waals surface area contributed by atoms with E-state index in [1.165, 1.54) is 0 Å². The van der Waals surface area contributed by atoms with E-state index >= 15 is 0 Å². The minimum atomic E-state index is -0.0955. The molecule has 17 heavy (non-hydrogen) atoms. The fraction of sp³-hybridized carbons (Fsp3) is 0.167. The van der Waals surface area contributed by atoms with E-state index in [9.17, 15) is 4.79 Å². The van der Waals surface area contributed by atoms with Gasteiger partial charge in [-0.05, 0) is 12.1 Å². The Hall–Kier alpha value is -2.30. The van der Waals surface area contributed by atoms with Crippen LogP contribution < -0.4 is 10.6 Å². The van der Waals surface area contributed by atoms with Crippen LogP contribution in [0, 0.1) is 0 Å². The molecule has 0 aliphatic carbocycles. The number of anilines is 2. The van der Waals surface area contributed by atoms with Gasteiger partial charge < -0.3 is 10.6 Å². The summed E-state index contributed by atoms with van der Waals surface area (Å²) in [6, 6.07) is 11.2. The number of hydrogen-bond donors (Lipinski definition) is 2. The van der Waals surface area contributed by atoms with Gasteiger partial charge in [-0.25, -0.2) is 0 Å². The number of benzene rings is 1. The van der Waals surface area contributed by atoms with E-state index in [0.29, 0.717) is 5.82 Å². The van der Waals surface area contributed by atoms with Crippen LogP contribution in [-0.2, 0) is 11.8 Å². The Balaban J connectivity index is 1.82. The lowest BCUT2D eigenvalue weighted by Gasteiger charge is -2.05. The molecule has 88 valence electrons. The summed E-state index contributed by atoms with van der Waals surface area (Å²) in [7, 11) is 1.83. The molecule has 0 saturated heterocycles. The van der Waals surface area contributed by atoms with E-state index in [1.807, 2.05) is 49.6 Å². The molecule has 0 radical (unpaired) electrons. The molecule has 0 bridgehead atoms. The van der Waals surface area contributed by atoms with Crippen LogP contribution in [0.5, 0.6) is 0 Å². The molecule has 2 rings (SSSR count). The van der Waals surface area contributed by atoms with E-state index < -0.39 is 0 Å². The number of para-hydroxylation sites is 1. The number of amides is 1. The van der Waals surface area contributed by atoms with Gasteiger partial charge in [0.05, 0.1) is 6.54 Å². The zero-order valence-corrected chi connectivity index (χ0v) is 9.55. The summed E-state index contributed by atoms with van der Waals surface area (Å²) >= 11 is 0. The summed E-state index contributed by atoms with van der Waals surface area (Å²) in [6.45, 7) is 0.200. The third-order valence-corrected chi connectivity index (χ3v) is 2.20. The van der Waals surface area contributed by atoms with Gasteiger partial charge in [-0.1, -0.05) is 18.2 Å². The summed E-state index contributed by atoms with van der Waals surface area (Å²) in [6.07, 6.45) is 1.82. The molecule has 1 aromatic heterocycles. The maximum atomic E-state index is 11.6. The van der Waals surface area contributed by atoms with Gasteiger partial charge in [-0.3, -0.25) is 9.48 Å². The van der Waals surface area contributed by atoms with Crippen molar-refractivity contribution in [3.63, 3.8) is 0 Å². The van der Waals surface area contributed by atoms with Crippen LogP contribution in [0.25, 0.3) is 0 Å². The van der Waals surface area contributed by atoms with Crippen molar-refractivity contribution in [2.45, 2.75) is 0 Å². The van der Waals surface area contributed by atoms with E-state index in [-0.39, 0.29) is 12.5 Å². The average Bonchev–Trinajstić information content (AvgIpc) is 2.74. The number of aromatic nitrogens is 2. The quantitative estimate of drug-likeness (QED) is 0.836. The van der Waals surface area contributed by atoms with Crippen molar-refractivity contribution in [3.8, 4) is 0 Å². The van der Waals surface area contributed by atoms with Crippen molar-refractivity contribution in [2.24, 2.45) is 7.05 Å². The van der Waals surface area contributed by atoms with Crippen molar-refractivity contribution in [2.75, 3.05) is 17.2 Å². The number of carbonyl (C=O) groups excluding carboxylic acids is 1. The Kier molecular flexibility index (Phi) is 3.40. The number of rotatable bonds is 4. The Labute approximate surface area is 99.5 Å². The van der Waals surface area contributed by atoms with Gasteiger partial charge in [0.15, 0.2) is 0 Å². The lowest BCUT2D eigenvalue weighted by molar-refractivity contribution is -0.114. The Morgan fingerprint density at radius 2 is 2.06 bits per heavy atom. The zero-order chi connectivity index (χ0) is 12.1. The highest BCUT2D eigenvalue weighted by Crippen LogP contribution is 2.05. The maximum Gasteiger partial charge on any atom is 0.243 e. The van der Waals surface area contributed by atoms with Crippen LogP contribution >= 0.6 is 0 Å². The maximum absolute atomic E-state index is 11.6. The van der Waals surface area contributed by atoms with Crippen molar-refractivity contribution in [1.29, 1.82) is 0 Å². The monoisotopic (exact) mass is 230 g/mol. The predicted molar refractivity (Wildman–Crippen MR) is 66.8 cm³/mol. The second-order valence-corrected chi connectivity index (χ2v) is 3.64. The van der Waals surface area contributed by atoms with Gasteiger partial charge in [0.1, 0.15) is 5.82 Å². The summed E-state index contributed by atoms with van der Waals surface area (Å²) in [5.74, 6) is 0.595. The lowest BCUT2D eigenvalue weighted by Crippen LogP contribution is -2.21. The topological polar surface area (TPSA) is 59.0 Å². The SMILES string of the molecule is Cn1ccc(NCC(=O)Nc2ccccc2)n1. The molecule has 0 aliphatic heterocycles. The van der Waals surface area contributed by atoms with Crippen LogP contribution in [0.2, 0.25) is 0 Å². The third-order valence-electron chi connectivity index (χ3n) is 2.20. The van der Waals surface area contributed by atoms with Gasteiger partial charge in [-0.15, -0.1) is 0 Å². The molecule has 1 heterocycles. The fourth-order valence-electron chi connectivity index (χ4n) is 1.41. The molecule has 0 atom stereocenters. The Morgan fingerprint density at radius 1 is 1.29 bits per heavy atom. The van der Waals surface area contributed by atoms with Gasteiger partial charge in [0.25, 0.3) is 0 Å². The first-order valence-electron chi connectivity index (χ1n) is 5.32. The second kappa shape index (κ2) is 5.16. The Morgan fingerprint density at radius 3 is 2.71 bits per heavy atom. The molecule has 2 N–H and O–H groups in total. The lowest BCUT2D eigenvalue weighted by atomic mass is 10.3. The molecule has 5 heteroatoms. The number of nitrogens with one attached hydrogen (secondary N) is 2. The number of hydrogen-bond acceptors (Lipinski definition) is 3. The summed E-state index contributed by atoms with van der Waals surface area (Å²) < 4.78 is 1.68. The minimum absolute atomic E-state index is 0.0955. The molecule has 2 aromatic rings. The van der Waals surface area contributed by atoms with Crippen molar-refractivity contribution < 1.29 is 4.79 Å². The molecule has 1 amide bonds. The molecular formula is C12H14N4O. The standard InChI is InChI=1S/C12H14N4O/c1-16-8-7-11(15-16)13-9-12(17)14-10-5-3-2-4-6-10/h2-8H,9H2,1H3,(H,13,15)(H,14,17).